The molecule has 12 atom stereocenters. The number of carboxylic acids is 1. The molecule has 0 bridgehead atoms. The number of ketones is 3. The van der Waals surface area contributed by atoms with Gasteiger partial charge in [0.2, 0.25) is 0 Å². The molecule has 0 heterocycles. The summed E-state index contributed by atoms with van der Waals surface area (Å²) in [5.74, 6) is -5.93. The van der Waals surface area contributed by atoms with Crippen LogP contribution in [0.15, 0.2) is 82.0 Å². The van der Waals surface area contributed by atoms with Crippen LogP contribution in [0, 0.1) is 57.2 Å². The van der Waals surface area contributed by atoms with E-state index in [1.54, 1.807) is 0 Å². The Morgan fingerprint density at radius 3 is 2.35 bits per heavy atom. The first-order valence-corrected chi connectivity index (χ1v) is 19.8. The lowest BCUT2D eigenvalue weighted by Crippen LogP contribution is -2.71. The first-order chi connectivity index (χ1) is 25.2. The summed E-state index contributed by atoms with van der Waals surface area (Å²) in [5.41, 5.74) is -4.23. The highest BCUT2D eigenvalue weighted by Crippen LogP contribution is 2.83. The van der Waals surface area contributed by atoms with E-state index < -0.39 is 85.7 Å². The number of allylic oxidation sites excluding steroid dienone is 3. The maximum atomic E-state index is 15.3. The molecule has 0 radical (unpaired) electrons. The highest BCUT2D eigenvalue weighted by molar-refractivity contribution is 6.05. The van der Waals surface area contributed by atoms with Crippen molar-refractivity contribution in [2.45, 2.75) is 104 Å². The molecule has 0 aliphatic heterocycles. The van der Waals surface area contributed by atoms with Gasteiger partial charge >= 0.3 is 5.97 Å². The van der Waals surface area contributed by atoms with Gasteiger partial charge in [0.25, 0.3) is 0 Å². The van der Waals surface area contributed by atoms with E-state index in [0.717, 1.165) is 16.7 Å². The van der Waals surface area contributed by atoms with Gasteiger partial charge in [-0.1, -0.05) is 95.7 Å². The van der Waals surface area contributed by atoms with E-state index in [9.17, 15) is 34.8 Å². The van der Waals surface area contributed by atoms with Gasteiger partial charge in [-0.25, -0.2) is 0 Å². The predicted octanol–water partition coefficient (Wildman–Crippen LogP) is 6.36. The lowest BCUT2D eigenvalue weighted by Gasteiger charge is -2.69. The molecule has 3 fully saturated rings. The van der Waals surface area contributed by atoms with Crippen molar-refractivity contribution < 1.29 is 39.6 Å². The van der Waals surface area contributed by atoms with E-state index in [4.69, 9.17) is 0 Å². The molecule has 54 heavy (non-hydrogen) atoms. The third kappa shape index (κ3) is 3.77. The summed E-state index contributed by atoms with van der Waals surface area (Å²) in [6.45, 7) is 13.4. The predicted molar refractivity (Wildman–Crippen MR) is 201 cm³/mol. The van der Waals surface area contributed by atoms with E-state index in [-0.39, 0.29) is 24.4 Å². The van der Waals surface area contributed by atoms with Crippen molar-refractivity contribution in [3.63, 3.8) is 0 Å². The summed E-state index contributed by atoms with van der Waals surface area (Å²) < 4.78 is 0. The second-order valence-corrected chi connectivity index (χ2v) is 19.5. The van der Waals surface area contributed by atoms with Gasteiger partial charge in [-0.15, -0.1) is 0 Å². The Bertz CT molecular complexity index is 2150. The molecule has 8 nitrogen and oxygen atoms in total. The molecule has 9 rings (SSSR count). The third-order valence-electron chi connectivity index (χ3n) is 16.9. The Morgan fingerprint density at radius 1 is 1.00 bits per heavy atom. The van der Waals surface area contributed by atoms with Gasteiger partial charge in [0.05, 0.1) is 0 Å². The topological polar surface area (TPSA) is 149 Å². The van der Waals surface area contributed by atoms with Crippen molar-refractivity contribution in [2.75, 3.05) is 0 Å². The Labute approximate surface area is 316 Å². The number of Topliss-reactive ketones (excluding diaryl/α,β-unsaturated/α-hetero) is 3. The van der Waals surface area contributed by atoms with Crippen LogP contribution in [0.2, 0.25) is 0 Å². The van der Waals surface area contributed by atoms with Crippen LogP contribution in [0.3, 0.4) is 0 Å². The summed E-state index contributed by atoms with van der Waals surface area (Å²) in [6.07, 6.45) is 9.31. The molecule has 1 aromatic carbocycles. The maximum Gasteiger partial charge on any atom is 0.313 e. The van der Waals surface area contributed by atoms with Crippen molar-refractivity contribution in [3.8, 4) is 0 Å². The van der Waals surface area contributed by atoms with Gasteiger partial charge in [0.1, 0.15) is 28.5 Å². The third-order valence-corrected chi connectivity index (χ3v) is 16.9. The number of aliphatic hydroxyl groups is 3. The first kappa shape index (κ1) is 35.9. The zero-order valence-electron chi connectivity index (χ0n) is 32.3. The van der Waals surface area contributed by atoms with Crippen molar-refractivity contribution in [1.82, 2.24) is 0 Å². The van der Waals surface area contributed by atoms with Crippen LogP contribution in [0.5, 0.6) is 0 Å². The number of carbonyl (C=O) groups excluding carboxylic acids is 3. The average Bonchev–Trinajstić information content (AvgIpc) is 3.56. The number of carboxylic acid groups (broad SMARTS) is 1. The monoisotopic (exact) mass is 732 g/mol. The molecular formula is C46H52O8. The van der Waals surface area contributed by atoms with Crippen molar-refractivity contribution in [3.05, 3.63) is 87.6 Å². The number of rotatable bonds is 5. The quantitative estimate of drug-likeness (QED) is 0.202. The molecule has 0 saturated heterocycles. The van der Waals surface area contributed by atoms with Crippen LogP contribution in [0.1, 0.15) is 92.6 Å². The Hall–Kier alpha value is -3.72. The summed E-state index contributed by atoms with van der Waals surface area (Å²) in [5, 5.41) is 50.3. The fourth-order valence-electron chi connectivity index (χ4n) is 14.7. The second kappa shape index (κ2) is 10.6. The highest BCUT2D eigenvalue weighted by atomic mass is 16.4. The van der Waals surface area contributed by atoms with Gasteiger partial charge in [-0.05, 0) is 89.7 Å². The van der Waals surface area contributed by atoms with Crippen LogP contribution in [-0.2, 0) is 19.2 Å². The molecule has 284 valence electrons. The van der Waals surface area contributed by atoms with Crippen molar-refractivity contribution in [1.29, 1.82) is 0 Å². The minimum atomic E-state index is -2.07. The molecule has 0 spiro atoms. The zero-order valence-corrected chi connectivity index (χ0v) is 32.3. The number of carbonyl (C=O) groups is 4. The molecule has 0 amide bonds. The summed E-state index contributed by atoms with van der Waals surface area (Å²) in [6, 6.07) is 9.87. The lowest BCUT2D eigenvalue weighted by molar-refractivity contribution is -0.164. The van der Waals surface area contributed by atoms with Gasteiger partial charge in [0.15, 0.2) is 11.6 Å². The fourth-order valence-corrected chi connectivity index (χ4v) is 14.7. The minimum absolute atomic E-state index is 0.0447. The van der Waals surface area contributed by atoms with Gasteiger partial charge < -0.3 is 20.4 Å². The SMILES string of the molecule is CC(C(=O)O)C(=O)C1(O)CC(C)C2C3C4=C(CC=C41)CC1=CC4(O)C5=C(C(=O)CC2(C)C5(C)C13O)C1(C)CCC(=O)C(C)(C)C1C4C=Cc1ccccc1. The number of hydrogen-bond acceptors (Lipinski definition) is 7. The molecule has 8 aliphatic carbocycles. The lowest BCUT2D eigenvalue weighted by atomic mass is 9.35. The largest absolute Gasteiger partial charge is 0.481 e. The van der Waals surface area contributed by atoms with E-state index in [0.29, 0.717) is 48.0 Å². The minimum Gasteiger partial charge on any atom is -0.481 e. The van der Waals surface area contributed by atoms with Crippen LogP contribution >= 0.6 is 0 Å². The van der Waals surface area contributed by atoms with Gasteiger partial charge in [-0.2, -0.15) is 0 Å². The zero-order chi connectivity index (χ0) is 38.9. The van der Waals surface area contributed by atoms with Crippen molar-refractivity contribution >= 4 is 29.4 Å². The number of fused-ring (bicyclic) bond motifs is 3. The Balaban J connectivity index is 1.35. The van der Waals surface area contributed by atoms with Crippen LogP contribution in [-0.4, -0.2) is 60.5 Å². The summed E-state index contributed by atoms with van der Waals surface area (Å²) >= 11 is 0. The molecular weight excluding hydrogens is 680 g/mol. The van der Waals surface area contributed by atoms with E-state index in [2.05, 4.69) is 26.8 Å². The summed E-state index contributed by atoms with van der Waals surface area (Å²) in [4.78, 5) is 55.4. The van der Waals surface area contributed by atoms with E-state index in [1.165, 1.54) is 6.92 Å². The van der Waals surface area contributed by atoms with Crippen molar-refractivity contribution in [2.24, 2.45) is 57.2 Å². The van der Waals surface area contributed by atoms with Gasteiger partial charge in [0, 0.05) is 46.5 Å². The fraction of sp³-hybridized carbons (Fsp3) is 0.565. The first-order valence-electron chi connectivity index (χ1n) is 19.8. The van der Waals surface area contributed by atoms with Crippen LogP contribution in [0.4, 0.5) is 0 Å². The smallest absolute Gasteiger partial charge is 0.313 e. The van der Waals surface area contributed by atoms with Crippen LogP contribution in [0.25, 0.3) is 6.08 Å². The second-order valence-electron chi connectivity index (χ2n) is 19.5. The summed E-state index contributed by atoms with van der Waals surface area (Å²) in [7, 11) is 0. The van der Waals surface area contributed by atoms with E-state index >= 15 is 4.79 Å². The highest BCUT2D eigenvalue weighted by Gasteiger charge is 2.84. The molecule has 1 aromatic rings. The van der Waals surface area contributed by atoms with E-state index in [1.807, 2.05) is 69.3 Å². The normalized spacial score (nSPS) is 45.8. The Kier molecular flexibility index (Phi) is 7.03. The van der Waals surface area contributed by atoms with Crippen LogP contribution < -0.4 is 0 Å². The maximum absolute atomic E-state index is 15.3. The molecule has 12 unspecified atom stereocenters. The molecule has 4 N–H and O–H groups in total. The average molecular weight is 733 g/mol. The standard InChI is InChI=1S/C46H52O8/c1-23-20-45(53,38(49)24(2)39(50)51)28-16-14-26-19-27-21-44(52)29(15-13-25-11-9-8-10-12-25)36-40(3,4)31(48)17-18-41(36,5)34-30(47)22-42(6)33(23)35(32(26)28)46(27,54)43(42,7)37(34)44/h8-13,15-16,21,23-24,29,33,35-36,52-54H,14,17-20,22H2,1-7H3,(H,50,51). The molecule has 8 aliphatic rings. The molecule has 0 aromatic heterocycles. The number of hydrogen-bond donors (Lipinski definition) is 4. The molecule has 3 saturated carbocycles. The molecule has 8 heteroatoms. The Morgan fingerprint density at radius 2 is 1.69 bits per heavy atom. The van der Waals surface area contributed by atoms with Gasteiger partial charge in [-0.3, -0.25) is 19.2 Å². The number of aliphatic carboxylic acids is 1. The number of benzene rings is 1.